The first kappa shape index (κ1) is 14.2. The van der Waals surface area contributed by atoms with Crippen LogP contribution in [0.15, 0.2) is 12.2 Å². The lowest BCUT2D eigenvalue weighted by atomic mass is 9.97. The first-order valence-corrected chi connectivity index (χ1v) is 6.66. The van der Waals surface area contributed by atoms with Gasteiger partial charge in [-0.25, -0.2) is 0 Å². The van der Waals surface area contributed by atoms with Crippen LogP contribution >= 0.6 is 9.24 Å². The van der Waals surface area contributed by atoms with Crippen LogP contribution in [0.5, 0.6) is 0 Å². The highest BCUT2D eigenvalue weighted by atomic mass is 31.0. The largest absolute Gasteiger partial charge is 0.134 e. The normalized spacial score (nSPS) is 16.4. The molecule has 0 spiro atoms. The second-order valence-electron chi connectivity index (χ2n) is 4.66. The van der Waals surface area contributed by atoms with Crippen molar-refractivity contribution in [1.82, 2.24) is 0 Å². The van der Waals surface area contributed by atoms with E-state index in [9.17, 15) is 0 Å². The molecule has 0 N–H and O–H groups in total. The van der Waals surface area contributed by atoms with Crippen molar-refractivity contribution in [1.29, 1.82) is 0 Å². The maximum absolute atomic E-state index is 2.96. The Morgan fingerprint density at radius 3 is 2.29 bits per heavy atom. The Balaban J connectivity index is 3.52. The Morgan fingerprint density at radius 2 is 1.79 bits per heavy atom. The molecule has 0 aliphatic heterocycles. The third-order valence-corrected chi connectivity index (χ3v) is 3.52. The van der Waals surface area contributed by atoms with Crippen molar-refractivity contribution in [3.8, 4) is 0 Å². The molecule has 0 fully saturated rings. The van der Waals surface area contributed by atoms with Crippen LogP contribution in [0.1, 0.15) is 53.4 Å². The van der Waals surface area contributed by atoms with Crippen molar-refractivity contribution >= 4 is 9.24 Å². The molecular weight excluding hydrogens is 187 g/mol. The zero-order chi connectivity index (χ0) is 11.0. The summed E-state index contributed by atoms with van der Waals surface area (Å²) in [5, 5.41) is 0. The molecule has 0 bridgehead atoms. The van der Waals surface area contributed by atoms with E-state index in [0.29, 0.717) is 0 Å². The third-order valence-electron chi connectivity index (χ3n) is 2.85. The second kappa shape index (κ2) is 8.48. The Bertz CT molecular complexity index is 149. The fraction of sp³-hybridized carbons (Fsp3) is 0.846. The molecule has 0 aromatic heterocycles. The maximum Gasteiger partial charge on any atom is -0.0239 e. The van der Waals surface area contributed by atoms with Gasteiger partial charge in [0, 0.05) is 0 Å². The van der Waals surface area contributed by atoms with Crippen LogP contribution in [0.4, 0.5) is 0 Å². The van der Waals surface area contributed by atoms with E-state index in [-0.39, 0.29) is 0 Å². The Labute approximate surface area is 92.8 Å². The summed E-state index contributed by atoms with van der Waals surface area (Å²) in [6, 6.07) is 0. The molecule has 0 aromatic rings. The van der Waals surface area contributed by atoms with Crippen LogP contribution in [0.3, 0.4) is 0 Å². The van der Waals surface area contributed by atoms with Crippen molar-refractivity contribution in [2.24, 2.45) is 11.8 Å². The minimum atomic E-state index is 0.726. The van der Waals surface area contributed by atoms with E-state index >= 15 is 0 Å². The van der Waals surface area contributed by atoms with Gasteiger partial charge in [-0.15, -0.1) is 9.24 Å². The van der Waals surface area contributed by atoms with Crippen LogP contribution in [-0.2, 0) is 0 Å². The van der Waals surface area contributed by atoms with E-state index < -0.39 is 0 Å². The summed E-state index contributed by atoms with van der Waals surface area (Å²) in [5.41, 5.74) is 0.819. The summed E-state index contributed by atoms with van der Waals surface area (Å²) >= 11 is 0. The summed E-state index contributed by atoms with van der Waals surface area (Å²) < 4.78 is 0. The zero-order valence-electron chi connectivity index (χ0n) is 10.3. The molecule has 3 atom stereocenters. The summed E-state index contributed by atoms with van der Waals surface area (Å²) in [7, 11) is 2.96. The van der Waals surface area contributed by atoms with Crippen LogP contribution in [0, 0.1) is 11.8 Å². The standard InChI is InChI=1S/C13H27P/c1-5-8-13(14)10-7-6-9-12(4)11(2)3/h6,9,11-13H,5,7-8,10,14H2,1-4H3/b9-6-. The highest BCUT2D eigenvalue weighted by Gasteiger charge is 2.02. The van der Waals surface area contributed by atoms with E-state index in [0.717, 1.165) is 17.5 Å². The van der Waals surface area contributed by atoms with Gasteiger partial charge in [-0.1, -0.05) is 46.3 Å². The van der Waals surface area contributed by atoms with Gasteiger partial charge in [-0.3, -0.25) is 0 Å². The fourth-order valence-corrected chi connectivity index (χ4v) is 1.88. The molecule has 14 heavy (non-hydrogen) atoms. The van der Waals surface area contributed by atoms with E-state index in [4.69, 9.17) is 0 Å². The summed E-state index contributed by atoms with van der Waals surface area (Å²) in [4.78, 5) is 0. The van der Waals surface area contributed by atoms with Crippen molar-refractivity contribution in [3.63, 3.8) is 0 Å². The molecule has 0 radical (unpaired) electrons. The molecule has 3 unspecified atom stereocenters. The van der Waals surface area contributed by atoms with Gasteiger partial charge >= 0.3 is 0 Å². The SMILES string of the molecule is CCCC(P)CC/C=C\C(C)C(C)C. The van der Waals surface area contributed by atoms with Gasteiger partial charge in [0.1, 0.15) is 0 Å². The number of allylic oxidation sites excluding steroid dienone is 2. The van der Waals surface area contributed by atoms with Crippen LogP contribution in [0.2, 0.25) is 0 Å². The van der Waals surface area contributed by atoms with Crippen molar-refractivity contribution < 1.29 is 0 Å². The monoisotopic (exact) mass is 214 g/mol. The highest BCUT2D eigenvalue weighted by Crippen LogP contribution is 2.16. The number of hydrogen-bond donors (Lipinski definition) is 0. The lowest BCUT2D eigenvalue weighted by molar-refractivity contribution is 0.502. The second-order valence-corrected chi connectivity index (χ2v) is 5.60. The maximum atomic E-state index is 2.96. The van der Waals surface area contributed by atoms with Crippen LogP contribution < -0.4 is 0 Å². The molecule has 0 aliphatic rings. The van der Waals surface area contributed by atoms with E-state index in [1.54, 1.807) is 0 Å². The van der Waals surface area contributed by atoms with Crippen LogP contribution in [0.25, 0.3) is 0 Å². The Hall–Kier alpha value is 0.170. The topological polar surface area (TPSA) is 0 Å². The molecular formula is C13H27P. The van der Waals surface area contributed by atoms with Gasteiger partial charge in [0.05, 0.1) is 0 Å². The quantitative estimate of drug-likeness (QED) is 0.427. The molecule has 0 saturated heterocycles. The van der Waals surface area contributed by atoms with Gasteiger partial charge in [-0.05, 0) is 36.8 Å². The molecule has 0 saturated carbocycles. The third kappa shape index (κ3) is 7.56. The predicted molar refractivity (Wildman–Crippen MR) is 70.8 cm³/mol. The van der Waals surface area contributed by atoms with E-state index in [2.05, 4.69) is 49.1 Å². The zero-order valence-corrected chi connectivity index (χ0v) is 11.4. The van der Waals surface area contributed by atoms with Gasteiger partial charge in [0.15, 0.2) is 0 Å². The average Bonchev–Trinajstić information content (AvgIpc) is 2.12. The van der Waals surface area contributed by atoms with Crippen LogP contribution in [-0.4, -0.2) is 5.66 Å². The fourth-order valence-electron chi connectivity index (χ4n) is 1.36. The van der Waals surface area contributed by atoms with Gasteiger partial charge in [-0.2, -0.15) is 0 Å². The summed E-state index contributed by atoms with van der Waals surface area (Å²) in [5.74, 6) is 1.50. The molecule has 1 heteroatoms. The molecule has 0 aliphatic carbocycles. The smallest absolute Gasteiger partial charge is 0.0239 e. The summed E-state index contributed by atoms with van der Waals surface area (Å²) in [6.07, 6.45) is 9.94. The Kier molecular flexibility index (Phi) is 8.58. The minimum absolute atomic E-state index is 0.726. The molecule has 84 valence electrons. The molecule has 0 aromatic carbocycles. The van der Waals surface area contributed by atoms with E-state index in [1.165, 1.54) is 25.7 Å². The minimum Gasteiger partial charge on any atom is -0.134 e. The summed E-state index contributed by atoms with van der Waals surface area (Å²) in [6.45, 7) is 9.12. The molecule has 0 rings (SSSR count). The molecule has 0 nitrogen and oxygen atoms in total. The van der Waals surface area contributed by atoms with Gasteiger partial charge in [0.2, 0.25) is 0 Å². The number of rotatable bonds is 7. The van der Waals surface area contributed by atoms with Crippen molar-refractivity contribution in [3.05, 3.63) is 12.2 Å². The van der Waals surface area contributed by atoms with Gasteiger partial charge < -0.3 is 0 Å². The van der Waals surface area contributed by atoms with Crippen molar-refractivity contribution in [2.75, 3.05) is 0 Å². The predicted octanol–water partition coefficient (Wildman–Crippen LogP) is 4.66. The lowest BCUT2D eigenvalue weighted by Gasteiger charge is -2.10. The van der Waals surface area contributed by atoms with E-state index in [1.807, 2.05) is 0 Å². The first-order valence-electron chi connectivity index (χ1n) is 6.00. The molecule has 0 amide bonds. The molecule has 0 heterocycles. The first-order chi connectivity index (χ1) is 6.57. The number of hydrogen-bond acceptors (Lipinski definition) is 0. The Morgan fingerprint density at radius 1 is 1.14 bits per heavy atom. The van der Waals surface area contributed by atoms with Crippen molar-refractivity contribution in [2.45, 2.75) is 59.0 Å². The average molecular weight is 214 g/mol. The highest BCUT2D eigenvalue weighted by molar-refractivity contribution is 7.17. The lowest BCUT2D eigenvalue weighted by Crippen LogP contribution is -1.99. The van der Waals surface area contributed by atoms with Gasteiger partial charge in [0.25, 0.3) is 0 Å².